The van der Waals surface area contributed by atoms with Crippen molar-refractivity contribution in [2.24, 2.45) is 0 Å². The van der Waals surface area contributed by atoms with E-state index in [2.05, 4.69) is 4.72 Å². The molecule has 0 spiro atoms. The van der Waals surface area contributed by atoms with Gasteiger partial charge in [0.25, 0.3) is 10.0 Å². The molecule has 1 N–H and O–H groups in total. The SMILES string of the molecule is Cc1ccc(F)c(S(=O)(=O)Nc2cc(Cl)ccc2N2CCOCC2)c1. The molecular formula is C17H18ClFN2O3S. The molecule has 1 aliphatic heterocycles. The van der Waals surface area contributed by atoms with E-state index in [0.717, 1.165) is 6.07 Å². The van der Waals surface area contributed by atoms with Gasteiger partial charge in [0.15, 0.2) is 0 Å². The van der Waals surface area contributed by atoms with Crippen LogP contribution in [0.3, 0.4) is 0 Å². The van der Waals surface area contributed by atoms with Gasteiger partial charge in [-0.2, -0.15) is 0 Å². The van der Waals surface area contributed by atoms with Gasteiger partial charge < -0.3 is 9.64 Å². The number of ether oxygens (including phenoxy) is 1. The van der Waals surface area contributed by atoms with E-state index in [4.69, 9.17) is 16.3 Å². The lowest BCUT2D eigenvalue weighted by molar-refractivity contribution is 0.123. The second-order valence-corrected chi connectivity index (χ2v) is 7.89. The van der Waals surface area contributed by atoms with Gasteiger partial charge in [-0.1, -0.05) is 17.7 Å². The number of benzene rings is 2. The van der Waals surface area contributed by atoms with E-state index >= 15 is 0 Å². The maximum Gasteiger partial charge on any atom is 0.264 e. The Morgan fingerprint density at radius 1 is 1.16 bits per heavy atom. The van der Waals surface area contributed by atoms with Crippen molar-refractivity contribution in [3.63, 3.8) is 0 Å². The Labute approximate surface area is 151 Å². The molecule has 1 saturated heterocycles. The van der Waals surface area contributed by atoms with Gasteiger partial charge in [0.2, 0.25) is 0 Å². The van der Waals surface area contributed by atoms with Crippen LogP contribution >= 0.6 is 11.6 Å². The summed E-state index contributed by atoms with van der Waals surface area (Å²) in [5, 5.41) is 0.388. The number of sulfonamides is 1. The lowest BCUT2D eigenvalue weighted by Gasteiger charge is -2.30. The molecule has 5 nitrogen and oxygen atoms in total. The van der Waals surface area contributed by atoms with Crippen LogP contribution in [0.4, 0.5) is 15.8 Å². The third kappa shape index (κ3) is 4.05. The fourth-order valence-electron chi connectivity index (χ4n) is 2.69. The van der Waals surface area contributed by atoms with E-state index in [1.165, 1.54) is 18.2 Å². The van der Waals surface area contributed by atoms with Gasteiger partial charge >= 0.3 is 0 Å². The Bertz CT molecular complexity index is 883. The minimum atomic E-state index is -4.09. The summed E-state index contributed by atoms with van der Waals surface area (Å²) in [5.41, 5.74) is 1.65. The fraction of sp³-hybridized carbons (Fsp3) is 0.294. The normalized spacial score (nSPS) is 15.2. The summed E-state index contributed by atoms with van der Waals surface area (Å²) >= 11 is 6.04. The zero-order valence-electron chi connectivity index (χ0n) is 13.6. The molecular weight excluding hydrogens is 367 g/mol. The van der Waals surface area contributed by atoms with Crippen LogP contribution in [0.25, 0.3) is 0 Å². The molecule has 0 aliphatic carbocycles. The van der Waals surface area contributed by atoms with Gasteiger partial charge in [-0.3, -0.25) is 4.72 Å². The molecule has 0 amide bonds. The van der Waals surface area contributed by atoms with Gasteiger partial charge in [0, 0.05) is 18.1 Å². The van der Waals surface area contributed by atoms with Crippen LogP contribution in [-0.2, 0) is 14.8 Å². The zero-order valence-corrected chi connectivity index (χ0v) is 15.2. The molecule has 134 valence electrons. The van der Waals surface area contributed by atoms with Crippen molar-refractivity contribution in [2.45, 2.75) is 11.8 Å². The molecule has 2 aromatic carbocycles. The van der Waals surface area contributed by atoms with Gasteiger partial charge in [-0.05, 0) is 42.8 Å². The molecule has 0 aromatic heterocycles. The number of halogens is 2. The minimum absolute atomic E-state index is 0.315. The number of aryl methyl sites for hydroxylation is 1. The third-order valence-electron chi connectivity index (χ3n) is 3.93. The van der Waals surface area contributed by atoms with E-state index in [9.17, 15) is 12.8 Å². The van der Waals surface area contributed by atoms with Gasteiger partial charge in [-0.25, -0.2) is 12.8 Å². The van der Waals surface area contributed by atoms with Crippen molar-refractivity contribution >= 4 is 33.0 Å². The largest absolute Gasteiger partial charge is 0.378 e. The van der Waals surface area contributed by atoms with Crippen molar-refractivity contribution < 1.29 is 17.5 Å². The van der Waals surface area contributed by atoms with Gasteiger partial charge in [0.1, 0.15) is 10.7 Å². The monoisotopic (exact) mass is 384 g/mol. The first kappa shape index (κ1) is 18.0. The molecule has 1 heterocycles. The van der Waals surface area contributed by atoms with Crippen molar-refractivity contribution in [3.8, 4) is 0 Å². The zero-order chi connectivity index (χ0) is 18.0. The summed E-state index contributed by atoms with van der Waals surface area (Å²) in [6.45, 7) is 4.09. The lowest BCUT2D eigenvalue weighted by atomic mass is 10.2. The summed E-state index contributed by atoms with van der Waals surface area (Å²) in [6, 6.07) is 8.93. The van der Waals surface area contributed by atoms with Crippen molar-refractivity contribution in [1.29, 1.82) is 0 Å². The Kier molecular flexibility index (Phi) is 5.17. The number of rotatable bonds is 4. The summed E-state index contributed by atoms with van der Waals surface area (Å²) in [5.74, 6) is -0.798. The summed E-state index contributed by atoms with van der Waals surface area (Å²) < 4.78 is 47.2. The molecule has 0 atom stereocenters. The first-order valence-corrected chi connectivity index (χ1v) is 9.64. The number of anilines is 2. The number of hydrogen-bond donors (Lipinski definition) is 1. The quantitative estimate of drug-likeness (QED) is 0.877. The highest BCUT2D eigenvalue weighted by atomic mass is 35.5. The summed E-state index contributed by atoms with van der Waals surface area (Å²) in [4.78, 5) is 1.62. The topological polar surface area (TPSA) is 58.6 Å². The summed E-state index contributed by atoms with van der Waals surface area (Å²) in [7, 11) is -4.09. The van der Waals surface area contributed by atoms with Crippen LogP contribution in [0.1, 0.15) is 5.56 Å². The second-order valence-electron chi connectivity index (χ2n) is 5.80. The Balaban J connectivity index is 1.99. The van der Waals surface area contributed by atoms with Crippen LogP contribution in [0.5, 0.6) is 0 Å². The maximum atomic E-state index is 14.0. The van der Waals surface area contributed by atoms with Crippen LogP contribution in [0.2, 0.25) is 5.02 Å². The minimum Gasteiger partial charge on any atom is -0.378 e. The average molecular weight is 385 g/mol. The molecule has 1 fully saturated rings. The predicted octanol–water partition coefficient (Wildman–Crippen LogP) is 3.42. The van der Waals surface area contributed by atoms with E-state index in [1.54, 1.807) is 19.1 Å². The van der Waals surface area contributed by atoms with Crippen LogP contribution in [0.15, 0.2) is 41.3 Å². The standard InChI is InChI=1S/C17H18ClFN2O3S/c1-12-2-4-14(19)17(10-12)25(22,23)20-15-11-13(18)3-5-16(15)21-6-8-24-9-7-21/h2-5,10-11,20H,6-9H2,1H3. The number of nitrogens with one attached hydrogen (secondary N) is 1. The van der Waals surface area contributed by atoms with E-state index < -0.39 is 15.8 Å². The molecule has 0 bridgehead atoms. The number of nitrogens with zero attached hydrogens (tertiary/aromatic N) is 1. The molecule has 8 heteroatoms. The van der Waals surface area contributed by atoms with Crippen molar-refractivity contribution in [3.05, 3.63) is 52.8 Å². The molecule has 3 rings (SSSR count). The fourth-order valence-corrected chi connectivity index (χ4v) is 4.09. The molecule has 0 saturated carbocycles. The molecule has 0 radical (unpaired) electrons. The van der Waals surface area contributed by atoms with Crippen LogP contribution in [-0.4, -0.2) is 34.7 Å². The highest BCUT2D eigenvalue weighted by molar-refractivity contribution is 7.92. The number of morpholine rings is 1. The Hall–Kier alpha value is -1.83. The molecule has 2 aromatic rings. The first-order chi connectivity index (χ1) is 11.9. The van der Waals surface area contributed by atoms with E-state index in [-0.39, 0.29) is 4.90 Å². The van der Waals surface area contributed by atoms with E-state index in [0.29, 0.717) is 48.3 Å². The first-order valence-electron chi connectivity index (χ1n) is 7.78. The summed E-state index contributed by atoms with van der Waals surface area (Å²) in [6.07, 6.45) is 0. The highest BCUT2D eigenvalue weighted by Gasteiger charge is 2.23. The van der Waals surface area contributed by atoms with E-state index in [1.807, 2.05) is 4.90 Å². The Morgan fingerprint density at radius 2 is 1.88 bits per heavy atom. The smallest absolute Gasteiger partial charge is 0.264 e. The van der Waals surface area contributed by atoms with Crippen LogP contribution < -0.4 is 9.62 Å². The van der Waals surface area contributed by atoms with Crippen LogP contribution in [0, 0.1) is 12.7 Å². The molecule has 0 unspecified atom stereocenters. The molecule has 1 aliphatic rings. The van der Waals surface area contributed by atoms with Crippen molar-refractivity contribution in [1.82, 2.24) is 0 Å². The van der Waals surface area contributed by atoms with Gasteiger partial charge in [-0.15, -0.1) is 0 Å². The Morgan fingerprint density at radius 3 is 2.60 bits per heavy atom. The highest BCUT2D eigenvalue weighted by Crippen LogP contribution is 2.32. The average Bonchev–Trinajstić information content (AvgIpc) is 2.57. The second kappa shape index (κ2) is 7.19. The lowest BCUT2D eigenvalue weighted by Crippen LogP contribution is -2.36. The third-order valence-corrected chi connectivity index (χ3v) is 5.55. The maximum absolute atomic E-state index is 14.0. The molecule has 25 heavy (non-hydrogen) atoms. The number of hydrogen-bond acceptors (Lipinski definition) is 4. The van der Waals surface area contributed by atoms with Crippen molar-refractivity contribution in [2.75, 3.05) is 35.9 Å². The van der Waals surface area contributed by atoms with Gasteiger partial charge in [0.05, 0.1) is 24.6 Å². The predicted molar refractivity (Wildman–Crippen MR) is 96.4 cm³/mol.